The zero-order valence-corrected chi connectivity index (χ0v) is 14.3. The summed E-state index contributed by atoms with van der Waals surface area (Å²) in [5.74, 6) is 0.504. The lowest BCUT2D eigenvalue weighted by atomic mass is 9.68. The standard InChI is InChI=1S/C18H24N2O4/c1-18(2)15(19-17(18)23)11-7-9-20(10-8-11)16(22)12-5-4-6-13(24-3)14(12)21/h4-6,11,15,21H,7-10H2,1-3H3,(H,19,23). The van der Waals surface area contributed by atoms with Crippen molar-refractivity contribution in [1.82, 2.24) is 10.2 Å². The molecule has 2 N–H and O–H groups in total. The van der Waals surface area contributed by atoms with Crippen molar-refractivity contribution in [3.05, 3.63) is 23.8 Å². The molecule has 0 saturated carbocycles. The maximum atomic E-state index is 12.7. The maximum Gasteiger partial charge on any atom is 0.257 e. The van der Waals surface area contributed by atoms with E-state index in [0.29, 0.717) is 24.8 Å². The second kappa shape index (κ2) is 6.00. The molecular weight excluding hydrogens is 308 g/mol. The molecule has 2 aliphatic rings. The van der Waals surface area contributed by atoms with Gasteiger partial charge >= 0.3 is 0 Å². The highest BCUT2D eigenvalue weighted by atomic mass is 16.5. The predicted molar refractivity (Wildman–Crippen MR) is 89.0 cm³/mol. The van der Waals surface area contributed by atoms with Crippen molar-refractivity contribution in [2.45, 2.75) is 32.7 Å². The largest absolute Gasteiger partial charge is 0.504 e. The fourth-order valence-electron chi connectivity index (χ4n) is 3.74. The van der Waals surface area contributed by atoms with E-state index in [0.717, 1.165) is 12.8 Å². The number of likely N-dealkylation sites (tertiary alicyclic amines) is 1. The number of aromatic hydroxyl groups is 1. The molecule has 1 atom stereocenters. The Bertz CT molecular complexity index is 663. The summed E-state index contributed by atoms with van der Waals surface area (Å²) in [5.41, 5.74) is -0.0490. The summed E-state index contributed by atoms with van der Waals surface area (Å²) in [6, 6.07) is 5.12. The van der Waals surface area contributed by atoms with Crippen molar-refractivity contribution >= 4 is 11.8 Å². The van der Waals surface area contributed by atoms with Crippen molar-refractivity contribution in [2.24, 2.45) is 11.3 Å². The highest BCUT2D eigenvalue weighted by molar-refractivity contribution is 5.97. The number of phenols is 1. The van der Waals surface area contributed by atoms with Crippen LogP contribution in [0.15, 0.2) is 18.2 Å². The number of rotatable bonds is 3. The molecule has 0 spiro atoms. The molecule has 6 nitrogen and oxygen atoms in total. The van der Waals surface area contributed by atoms with Crippen LogP contribution in [0, 0.1) is 11.3 Å². The quantitative estimate of drug-likeness (QED) is 0.827. The molecule has 2 saturated heterocycles. The Labute approximate surface area is 141 Å². The number of methoxy groups -OCH3 is 1. The van der Waals surface area contributed by atoms with Crippen molar-refractivity contribution < 1.29 is 19.4 Å². The average molecular weight is 332 g/mol. The minimum Gasteiger partial charge on any atom is -0.504 e. The summed E-state index contributed by atoms with van der Waals surface area (Å²) in [6.45, 7) is 5.20. The fourth-order valence-corrected chi connectivity index (χ4v) is 3.74. The van der Waals surface area contributed by atoms with Crippen molar-refractivity contribution in [3.63, 3.8) is 0 Å². The molecule has 2 heterocycles. The molecular formula is C18H24N2O4. The van der Waals surface area contributed by atoms with Crippen LogP contribution >= 0.6 is 0 Å². The molecule has 2 amide bonds. The molecule has 1 aromatic rings. The van der Waals surface area contributed by atoms with Gasteiger partial charge in [0.15, 0.2) is 11.5 Å². The summed E-state index contributed by atoms with van der Waals surface area (Å²) in [6.07, 6.45) is 1.70. The molecule has 2 fully saturated rings. The Balaban J connectivity index is 1.65. The number of nitrogens with one attached hydrogen (secondary N) is 1. The molecule has 6 heteroatoms. The zero-order chi connectivity index (χ0) is 17.5. The van der Waals surface area contributed by atoms with Gasteiger partial charge in [0.1, 0.15) is 0 Å². The monoisotopic (exact) mass is 332 g/mol. The number of para-hydroxylation sites is 1. The lowest BCUT2D eigenvalue weighted by Crippen LogP contribution is -2.68. The molecule has 24 heavy (non-hydrogen) atoms. The lowest BCUT2D eigenvalue weighted by molar-refractivity contribution is -0.146. The van der Waals surface area contributed by atoms with Crippen LogP contribution in [0.5, 0.6) is 11.5 Å². The number of ether oxygens (including phenoxy) is 1. The van der Waals surface area contributed by atoms with Crippen LogP contribution in [0.2, 0.25) is 0 Å². The minimum absolute atomic E-state index is 0.104. The minimum atomic E-state index is -0.318. The normalized spacial score (nSPS) is 23.4. The van der Waals surface area contributed by atoms with Gasteiger partial charge in [0.05, 0.1) is 18.1 Å². The van der Waals surface area contributed by atoms with E-state index < -0.39 is 0 Å². The van der Waals surface area contributed by atoms with Crippen molar-refractivity contribution in [1.29, 1.82) is 0 Å². The van der Waals surface area contributed by atoms with E-state index in [2.05, 4.69) is 5.32 Å². The predicted octanol–water partition coefficient (Wildman–Crippen LogP) is 1.78. The summed E-state index contributed by atoms with van der Waals surface area (Å²) in [5, 5.41) is 13.2. The van der Waals surface area contributed by atoms with Crippen LogP contribution in [0.1, 0.15) is 37.0 Å². The second-order valence-corrected chi connectivity index (χ2v) is 7.16. The summed E-state index contributed by atoms with van der Waals surface area (Å²) >= 11 is 0. The third kappa shape index (κ3) is 2.60. The number of amides is 2. The first-order chi connectivity index (χ1) is 11.4. The number of phenolic OH excluding ortho intramolecular Hbond substituents is 1. The third-order valence-electron chi connectivity index (χ3n) is 5.40. The topological polar surface area (TPSA) is 78.9 Å². The van der Waals surface area contributed by atoms with Crippen molar-refractivity contribution in [2.75, 3.05) is 20.2 Å². The lowest BCUT2D eigenvalue weighted by Gasteiger charge is -2.50. The van der Waals surface area contributed by atoms with Gasteiger partial charge in [-0.25, -0.2) is 0 Å². The van der Waals surface area contributed by atoms with Gasteiger partial charge < -0.3 is 20.1 Å². The smallest absolute Gasteiger partial charge is 0.257 e. The molecule has 0 bridgehead atoms. The van der Waals surface area contributed by atoms with E-state index in [-0.39, 0.29) is 34.6 Å². The van der Waals surface area contributed by atoms with Crippen LogP contribution in [0.4, 0.5) is 0 Å². The van der Waals surface area contributed by atoms with Crippen LogP contribution in [0.25, 0.3) is 0 Å². The summed E-state index contributed by atoms with van der Waals surface area (Å²) in [4.78, 5) is 26.1. The zero-order valence-electron chi connectivity index (χ0n) is 14.3. The van der Waals surface area contributed by atoms with E-state index >= 15 is 0 Å². The number of carbonyl (C=O) groups is 2. The van der Waals surface area contributed by atoms with Gasteiger partial charge in [-0.05, 0) is 44.7 Å². The van der Waals surface area contributed by atoms with Gasteiger partial charge in [-0.2, -0.15) is 0 Å². The van der Waals surface area contributed by atoms with Crippen LogP contribution < -0.4 is 10.1 Å². The Hall–Kier alpha value is -2.24. The van der Waals surface area contributed by atoms with E-state index in [1.54, 1.807) is 23.1 Å². The molecule has 0 aromatic heterocycles. The number of nitrogens with zero attached hydrogens (tertiary/aromatic N) is 1. The molecule has 3 rings (SSSR count). The highest BCUT2D eigenvalue weighted by Crippen LogP contribution is 2.39. The SMILES string of the molecule is COc1cccc(C(=O)N2CCC(C3NC(=O)C3(C)C)CC2)c1O. The number of piperidine rings is 1. The van der Waals surface area contributed by atoms with E-state index in [4.69, 9.17) is 4.74 Å². The number of hydrogen-bond donors (Lipinski definition) is 2. The average Bonchev–Trinajstić information content (AvgIpc) is 2.59. The van der Waals surface area contributed by atoms with Crippen molar-refractivity contribution in [3.8, 4) is 11.5 Å². The van der Waals surface area contributed by atoms with Crippen LogP contribution in [-0.4, -0.2) is 48.1 Å². The Morgan fingerprint density at radius 3 is 2.54 bits per heavy atom. The van der Waals surface area contributed by atoms with Gasteiger partial charge in [0.2, 0.25) is 5.91 Å². The first-order valence-corrected chi connectivity index (χ1v) is 8.32. The Morgan fingerprint density at radius 2 is 2.00 bits per heavy atom. The Morgan fingerprint density at radius 1 is 1.33 bits per heavy atom. The first-order valence-electron chi connectivity index (χ1n) is 8.32. The van der Waals surface area contributed by atoms with E-state index in [9.17, 15) is 14.7 Å². The van der Waals surface area contributed by atoms with Gasteiger partial charge in [-0.1, -0.05) is 6.07 Å². The maximum absolute atomic E-state index is 12.7. The molecule has 2 aliphatic heterocycles. The molecule has 1 unspecified atom stereocenters. The van der Waals surface area contributed by atoms with Gasteiger partial charge in [-0.15, -0.1) is 0 Å². The first kappa shape index (κ1) is 16.6. The Kier molecular flexibility index (Phi) is 4.15. The molecule has 130 valence electrons. The molecule has 1 aromatic carbocycles. The molecule has 0 aliphatic carbocycles. The number of β-lactam (4-membered cyclic amide) rings is 1. The highest BCUT2D eigenvalue weighted by Gasteiger charge is 2.51. The van der Waals surface area contributed by atoms with Crippen LogP contribution in [0.3, 0.4) is 0 Å². The second-order valence-electron chi connectivity index (χ2n) is 7.16. The number of carbonyl (C=O) groups excluding carboxylic acids is 2. The summed E-state index contributed by atoms with van der Waals surface area (Å²) < 4.78 is 5.07. The molecule has 0 radical (unpaired) electrons. The number of hydrogen-bond acceptors (Lipinski definition) is 4. The third-order valence-corrected chi connectivity index (χ3v) is 5.40. The van der Waals surface area contributed by atoms with Gasteiger partial charge in [-0.3, -0.25) is 9.59 Å². The van der Waals surface area contributed by atoms with Gasteiger partial charge in [0, 0.05) is 19.1 Å². The van der Waals surface area contributed by atoms with E-state index in [1.807, 2.05) is 13.8 Å². The van der Waals surface area contributed by atoms with Crippen LogP contribution in [-0.2, 0) is 4.79 Å². The van der Waals surface area contributed by atoms with E-state index in [1.165, 1.54) is 7.11 Å². The summed E-state index contributed by atoms with van der Waals surface area (Å²) in [7, 11) is 1.46. The fraction of sp³-hybridized carbons (Fsp3) is 0.556. The number of benzene rings is 1. The van der Waals surface area contributed by atoms with Gasteiger partial charge in [0.25, 0.3) is 5.91 Å².